The predicted octanol–water partition coefficient (Wildman–Crippen LogP) is 3.36. The second-order valence-corrected chi connectivity index (χ2v) is 4.18. The number of nitrogens with zero attached hydrogens (tertiary/aromatic N) is 1. The topological polar surface area (TPSA) is 29.5 Å². The third-order valence-corrected chi connectivity index (χ3v) is 2.59. The summed E-state index contributed by atoms with van der Waals surface area (Å²) in [5, 5.41) is 0. The summed E-state index contributed by atoms with van der Waals surface area (Å²) < 4.78 is 5.73. The van der Waals surface area contributed by atoms with E-state index >= 15 is 0 Å². The minimum atomic E-state index is 0.643. The summed E-state index contributed by atoms with van der Waals surface area (Å²) >= 11 is 0. The Morgan fingerprint density at radius 1 is 1.00 bits per heavy atom. The van der Waals surface area contributed by atoms with Crippen molar-refractivity contribution < 1.29 is 9.53 Å². The Labute approximate surface area is 107 Å². The van der Waals surface area contributed by atoms with Gasteiger partial charge in [0.15, 0.2) is 0 Å². The molecule has 0 aromatic heterocycles. The van der Waals surface area contributed by atoms with Crippen molar-refractivity contribution in [3.8, 4) is 11.5 Å². The molecule has 2 rings (SSSR count). The van der Waals surface area contributed by atoms with Gasteiger partial charge in [0.1, 0.15) is 17.8 Å². The molecule has 3 heteroatoms. The van der Waals surface area contributed by atoms with E-state index in [9.17, 15) is 4.79 Å². The van der Waals surface area contributed by atoms with Gasteiger partial charge < -0.3 is 9.64 Å². The van der Waals surface area contributed by atoms with E-state index in [1.165, 1.54) is 0 Å². The van der Waals surface area contributed by atoms with Gasteiger partial charge in [-0.3, -0.25) is 4.79 Å². The first-order valence-electron chi connectivity index (χ1n) is 5.69. The number of hydrogen-bond acceptors (Lipinski definition) is 3. The van der Waals surface area contributed by atoms with Crippen molar-refractivity contribution in [2.24, 2.45) is 0 Å². The highest BCUT2D eigenvalue weighted by molar-refractivity contribution is 5.74. The number of aldehydes is 1. The maximum atomic E-state index is 10.5. The molecule has 2 aromatic carbocycles. The Bertz CT molecular complexity index is 532. The molecule has 0 spiro atoms. The minimum Gasteiger partial charge on any atom is -0.457 e. The first-order valence-corrected chi connectivity index (χ1v) is 5.69. The average Bonchev–Trinajstić information content (AvgIpc) is 2.40. The van der Waals surface area contributed by atoms with Crippen molar-refractivity contribution in [3.05, 3.63) is 54.1 Å². The van der Waals surface area contributed by atoms with Gasteiger partial charge in [0.25, 0.3) is 0 Å². The first kappa shape index (κ1) is 12.2. The monoisotopic (exact) mass is 241 g/mol. The van der Waals surface area contributed by atoms with Crippen LogP contribution in [0.25, 0.3) is 0 Å². The zero-order chi connectivity index (χ0) is 13.0. The van der Waals surface area contributed by atoms with Crippen molar-refractivity contribution in [1.82, 2.24) is 0 Å². The lowest BCUT2D eigenvalue weighted by molar-refractivity contribution is 0.112. The lowest BCUT2D eigenvalue weighted by Crippen LogP contribution is -2.08. The zero-order valence-corrected chi connectivity index (χ0v) is 10.5. The fourth-order valence-corrected chi connectivity index (χ4v) is 1.58. The molecule has 18 heavy (non-hydrogen) atoms. The van der Waals surface area contributed by atoms with Crippen LogP contribution < -0.4 is 9.64 Å². The number of hydrogen-bond donors (Lipinski definition) is 0. The third-order valence-electron chi connectivity index (χ3n) is 2.59. The second kappa shape index (κ2) is 5.36. The SMILES string of the molecule is CN(C)c1cccc(Oc2ccc(C=O)cc2)c1. The summed E-state index contributed by atoms with van der Waals surface area (Å²) in [5.41, 5.74) is 1.72. The lowest BCUT2D eigenvalue weighted by atomic mass is 10.2. The van der Waals surface area contributed by atoms with Crippen molar-refractivity contribution in [2.75, 3.05) is 19.0 Å². The average molecular weight is 241 g/mol. The molecule has 0 amide bonds. The quantitative estimate of drug-likeness (QED) is 0.769. The van der Waals surface area contributed by atoms with Crippen LogP contribution in [-0.4, -0.2) is 20.4 Å². The van der Waals surface area contributed by atoms with Crippen LogP contribution in [0.2, 0.25) is 0 Å². The van der Waals surface area contributed by atoms with E-state index in [1.807, 2.05) is 43.3 Å². The molecule has 0 aliphatic carbocycles. The fourth-order valence-electron chi connectivity index (χ4n) is 1.58. The molecule has 0 N–H and O–H groups in total. The van der Waals surface area contributed by atoms with Gasteiger partial charge >= 0.3 is 0 Å². The highest BCUT2D eigenvalue weighted by Gasteiger charge is 2.00. The van der Waals surface area contributed by atoms with E-state index in [1.54, 1.807) is 24.3 Å². The Morgan fingerprint density at radius 3 is 2.33 bits per heavy atom. The van der Waals surface area contributed by atoms with Crippen LogP contribution >= 0.6 is 0 Å². The van der Waals surface area contributed by atoms with Crippen molar-refractivity contribution in [2.45, 2.75) is 0 Å². The van der Waals surface area contributed by atoms with Gasteiger partial charge in [-0.15, -0.1) is 0 Å². The Morgan fingerprint density at radius 2 is 1.72 bits per heavy atom. The minimum absolute atomic E-state index is 0.643. The molecule has 3 nitrogen and oxygen atoms in total. The van der Waals surface area contributed by atoms with Gasteiger partial charge in [-0.25, -0.2) is 0 Å². The van der Waals surface area contributed by atoms with E-state index in [0.29, 0.717) is 5.56 Å². The number of rotatable bonds is 4. The molecular weight excluding hydrogens is 226 g/mol. The Balaban J connectivity index is 2.17. The maximum Gasteiger partial charge on any atom is 0.150 e. The van der Waals surface area contributed by atoms with Gasteiger partial charge in [-0.05, 0) is 36.4 Å². The van der Waals surface area contributed by atoms with Crippen LogP contribution in [0.4, 0.5) is 5.69 Å². The van der Waals surface area contributed by atoms with E-state index in [4.69, 9.17) is 4.74 Å². The van der Waals surface area contributed by atoms with E-state index in [2.05, 4.69) is 0 Å². The normalized spacial score (nSPS) is 9.89. The van der Waals surface area contributed by atoms with Crippen molar-refractivity contribution in [1.29, 1.82) is 0 Å². The molecule has 0 aliphatic heterocycles. The molecule has 2 aromatic rings. The van der Waals surface area contributed by atoms with Crippen LogP contribution in [-0.2, 0) is 0 Å². The molecule has 0 aliphatic rings. The third kappa shape index (κ3) is 2.88. The predicted molar refractivity (Wildman–Crippen MR) is 72.7 cm³/mol. The molecular formula is C15H15NO2. The summed E-state index contributed by atoms with van der Waals surface area (Å²) in [5.74, 6) is 1.50. The second-order valence-electron chi connectivity index (χ2n) is 4.18. The standard InChI is InChI=1S/C15H15NO2/c1-16(2)13-4-3-5-15(10-13)18-14-8-6-12(11-17)7-9-14/h3-11H,1-2H3. The zero-order valence-electron chi connectivity index (χ0n) is 10.5. The molecule has 92 valence electrons. The molecule has 0 fully saturated rings. The van der Waals surface area contributed by atoms with Crippen molar-refractivity contribution in [3.63, 3.8) is 0 Å². The van der Waals surface area contributed by atoms with Crippen LogP contribution in [0.1, 0.15) is 10.4 Å². The molecule has 0 saturated carbocycles. The van der Waals surface area contributed by atoms with Crippen LogP contribution in [0.15, 0.2) is 48.5 Å². The highest BCUT2D eigenvalue weighted by atomic mass is 16.5. The molecule has 0 unspecified atom stereocenters. The smallest absolute Gasteiger partial charge is 0.150 e. The summed E-state index contributed by atoms with van der Waals surface area (Å²) in [7, 11) is 3.97. The number of carbonyl (C=O) groups excluding carboxylic acids is 1. The van der Waals surface area contributed by atoms with Crippen LogP contribution in [0, 0.1) is 0 Å². The number of carbonyl (C=O) groups is 1. The lowest BCUT2D eigenvalue weighted by Gasteiger charge is -2.13. The Kier molecular flexibility index (Phi) is 3.63. The fraction of sp³-hybridized carbons (Fsp3) is 0.133. The molecule has 0 atom stereocenters. The maximum absolute atomic E-state index is 10.5. The summed E-state index contributed by atoms with van der Waals surface area (Å²) in [4.78, 5) is 12.6. The Hall–Kier alpha value is -2.29. The van der Waals surface area contributed by atoms with Gasteiger partial charge in [0, 0.05) is 31.4 Å². The van der Waals surface area contributed by atoms with Gasteiger partial charge in [0.05, 0.1) is 0 Å². The number of benzene rings is 2. The molecule has 0 saturated heterocycles. The van der Waals surface area contributed by atoms with E-state index in [0.717, 1.165) is 23.5 Å². The molecule has 0 radical (unpaired) electrons. The summed E-state index contributed by atoms with van der Waals surface area (Å²) in [6.07, 6.45) is 0.816. The summed E-state index contributed by atoms with van der Waals surface area (Å²) in [6, 6.07) is 14.9. The first-order chi connectivity index (χ1) is 8.69. The van der Waals surface area contributed by atoms with Gasteiger partial charge in [0.2, 0.25) is 0 Å². The highest BCUT2D eigenvalue weighted by Crippen LogP contribution is 2.25. The number of anilines is 1. The molecule has 0 bridgehead atoms. The largest absolute Gasteiger partial charge is 0.457 e. The van der Waals surface area contributed by atoms with E-state index < -0.39 is 0 Å². The van der Waals surface area contributed by atoms with Crippen molar-refractivity contribution >= 4 is 12.0 Å². The van der Waals surface area contributed by atoms with Crippen LogP contribution in [0.5, 0.6) is 11.5 Å². The van der Waals surface area contributed by atoms with E-state index in [-0.39, 0.29) is 0 Å². The van der Waals surface area contributed by atoms with Crippen LogP contribution in [0.3, 0.4) is 0 Å². The van der Waals surface area contributed by atoms with Gasteiger partial charge in [-0.2, -0.15) is 0 Å². The van der Waals surface area contributed by atoms with Gasteiger partial charge in [-0.1, -0.05) is 6.07 Å². The molecule has 0 heterocycles. The summed E-state index contributed by atoms with van der Waals surface area (Å²) in [6.45, 7) is 0. The number of ether oxygens (including phenoxy) is 1.